The van der Waals surface area contributed by atoms with Crippen LogP contribution in [0.15, 0.2) is 34.1 Å². The van der Waals surface area contributed by atoms with E-state index in [0.717, 1.165) is 30.5 Å². The van der Waals surface area contributed by atoms with Gasteiger partial charge in [0, 0.05) is 24.4 Å². The quantitative estimate of drug-likeness (QED) is 0.529. The molecule has 2 N–H and O–H groups in total. The van der Waals surface area contributed by atoms with Crippen LogP contribution in [0.1, 0.15) is 24.1 Å². The summed E-state index contributed by atoms with van der Waals surface area (Å²) in [5.41, 5.74) is 2.36. The Labute approximate surface area is 161 Å². The van der Waals surface area contributed by atoms with Crippen molar-refractivity contribution in [2.75, 3.05) is 24.8 Å². The van der Waals surface area contributed by atoms with Gasteiger partial charge in [0.25, 0.3) is 0 Å². The number of ether oxygens (including phenoxy) is 1. The summed E-state index contributed by atoms with van der Waals surface area (Å²) in [6.07, 6.45) is 3.19. The number of para-hydroxylation sites is 2. The van der Waals surface area contributed by atoms with Gasteiger partial charge in [0.2, 0.25) is 5.91 Å². The molecule has 0 atom stereocenters. The highest BCUT2D eigenvalue weighted by Crippen LogP contribution is 2.30. The summed E-state index contributed by atoms with van der Waals surface area (Å²) in [6, 6.07) is 7.22. The molecule has 1 amide bonds. The normalized spacial score (nSPS) is 12.7. The van der Waals surface area contributed by atoms with Gasteiger partial charge in [0.1, 0.15) is 10.8 Å². The molecule has 1 heterocycles. The number of nitrogens with one attached hydrogen (secondary N) is 1. The fourth-order valence-corrected chi connectivity index (χ4v) is 4.11. The van der Waals surface area contributed by atoms with E-state index >= 15 is 0 Å². The monoisotopic (exact) mass is 389 g/mol. The zero-order valence-corrected chi connectivity index (χ0v) is 16.1. The number of thioether (sulfide) groups is 1. The number of carbonyl (C=O) groups is 1. The smallest absolute Gasteiger partial charge is 0.348 e. The topological polar surface area (TPSA) is 93.5 Å². The Balaban J connectivity index is 1.71. The maximum absolute atomic E-state index is 12.4. The van der Waals surface area contributed by atoms with Gasteiger partial charge in [-0.15, -0.1) is 0 Å². The van der Waals surface area contributed by atoms with Crippen LogP contribution >= 0.6 is 11.8 Å². The van der Waals surface area contributed by atoms with E-state index in [0.29, 0.717) is 29.4 Å². The van der Waals surface area contributed by atoms with E-state index in [2.05, 4.69) is 10.3 Å². The predicted molar refractivity (Wildman–Crippen MR) is 105 cm³/mol. The third kappa shape index (κ3) is 4.51. The number of aliphatic hydroxyl groups excluding tert-OH is 1. The summed E-state index contributed by atoms with van der Waals surface area (Å²) in [6.45, 7) is 0.519. The molecule has 0 radical (unpaired) electrons. The van der Waals surface area contributed by atoms with Crippen molar-refractivity contribution in [1.82, 2.24) is 9.55 Å². The standard InChI is InChI=1S/C19H23N3O4S/c1-26-16-9-3-2-7-14(16)20-17(24)12-27-18-13-6-4-8-15(13)22(10-5-11-23)19(25)21-18/h2-3,7,9,23H,4-6,8,10-12H2,1H3,(H,20,24). The summed E-state index contributed by atoms with van der Waals surface area (Å²) >= 11 is 1.29. The third-order valence-corrected chi connectivity index (χ3v) is 5.48. The number of amides is 1. The number of hydrogen-bond donors (Lipinski definition) is 2. The number of carbonyl (C=O) groups excluding carboxylic acids is 1. The van der Waals surface area contributed by atoms with Crippen LogP contribution in [0.5, 0.6) is 5.75 Å². The second-order valence-corrected chi connectivity index (χ2v) is 7.21. The van der Waals surface area contributed by atoms with Gasteiger partial charge >= 0.3 is 5.69 Å². The number of benzene rings is 1. The van der Waals surface area contributed by atoms with E-state index in [1.165, 1.54) is 11.8 Å². The van der Waals surface area contributed by atoms with Crippen molar-refractivity contribution < 1.29 is 14.6 Å². The van der Waals surface area contributed by atoms with Crippen molar-refractivity contribution in [1.29, 1.82) is 0 Å². The molecule has 2 aromatic rings. The van der Waals surface area contributed by atoms with Crippen molar-refractivity contribution in [2.24, 2.45) is 0 Å². The van der Waals surface area contributed by atoms with Crippen LogP contribution in [0.25, 0.3) is 0 Å². The number of rotatable bonds is 8. The molecule has 1 aliphatic rings. The molecule has 1 aromatic heterocycles. The summed E-state index contributed by atoms with van der Waals surface area (Å²) < 4.78 is 6.90. The first-order valence-electron chi connectivity index (χ1n) is 8.93. The summed E-state index contributed by atoms with van der Waals surface area (Å²) in [5.74, 6) is 0.585. The highest BCUT2D eigenvalue weighted by molar-refractivity contribution is 8.00. The summed E-state index contributed by atoms with van der Waals surface area (Å²) in [4.78, 5) is 28.9. The van der Waals surface area contributed by atoms with Crippen LogP contribution in [0, 0.1) is 0 Å². The van der Waals surface area contributed by atoms with Crippen molar-refractivity contribution in [3.63, 3.8) is 0 Å². The van der Waals surface area contributed by atoms with Gasteiger partial charge in [-0.3, -0.25) is 9.36 Å². The fourth-order valence-electron chi connectivity index (χ4n) is 3.23. The first-order valence-corrected chi connectivity index (χ1v) is 9.91. The average molecular weight is 389 g/mol. The Morgan fingerprint density at radius 2 is 2.19 bits per heavy atom. The van der Waals surface area contributed by atoms with E-state index in [1.54, 1.807) is 23.8 Å². The fraction of sp³-hybridized carbons (Fsp3) is 0.421. The molecule has 0 bridgehead atoms. The maximum Gasteiger partial charge on any atom is 0.348 e. The molecule has 0 saturated heterocycles. The van der Waals surface area contributed by atoms with Gasteiger partial charge < -0.3 is 15.2 Å². The Kier molecular flexibility index (Phi) is 6.52. The van der Waals surface area contributed by atoms with E-state index in [-0.39, 0.29) is 24.0 Å². The average Bonchev–Trinajstić information content (AvgIpc) is 3.16. The Bertz CT molecular complexity index is 882. The molecule has 0 aliphatic heterocycles. The van der Waals surface area contributed by atoms with Gasteiger partial charge in [0.05, 0.1) is 18.6 Å². The molecular formula is C19H23N3O4S. The molecule has 1 aliphatic carbocycles. The molecule has 8 heteroatoms. The highest BCUT2D eigenvalue weighted by atomic mass is 32.2. The Morgan fingerprint density at radius 3 is 2.96 bits per heavy atom. The first kappa shape index (κ1) is 19.4. The van der Waals surface area contributed by atoms with Crippen LogP contribution in [-0.2, 0) is 24.2 Å². The van der Waals surface area contributed by atoms with Crippen LogP contribution in [0.3, 0.4) is 0 Å². The van der Waals surface area contributed by atoms with Crippen molar-refractivity contribution >= 4 is 23.4 Å². The van der Waals surface area contributed by atoms with Crippen LogP contribution < -0.4 is 15.7 Å². The van der Waals surface area contributed by atoms with E-state index in [9.17, 15) is 9.59 Å². The molecule has 0 spiro atoms. The lowest BCUT2D eigenvalue weighted by Crippen LogP contribution is -2.28. The second kappa shape index (κ2) is 9.05. The lowest BCUT2D eigenvalue weighted by Gasteiger charge is -2.14. The molecule has 0 fully saturated rings. The van der Waals surface area contributed by atoms with Crippen LogP contribution in [0.4, 0.5) is 5.69 Å². The molecule has 144 valence electrons. The number of aliphatic hydroxyl groups is 1. The van der Waals surface area contributed by atoms with Gasteiger partial charge in [-0.25, -0.2) is 4.79 Å². The molecule has 0 unspecified atom stereocenters. The molecule has 27 heavy (non-hydrogen) atoms. The lowest BCUT2D eigenvalue weighted by molar-refractivity contribution is -0.113. The molecule has 1 aromatic carbocycles. The van der Waals surface area contributed by atoms with Gasteiger partial charge in [-0.1, -0.05) is 23.9 Å². The SMILES string of the molecule is COc1ccccc1NC(=O)CSc1nc(=O)n(CCCO)c2c1CCC2. The number of fused-ring (bicyclic) bond motifs is 1. The van der Waals surface area contributed by atoms with Crippen LogP contribution in [0.2, 0.25) is 0 Å². The van der Waals surface area contributed by atoms with Gasteiger partial charge in [-0.05, 0) is 37.8 Å². The zero-order chi connectivity index (χ0) is 19.2. The summed E-state index contributed by atoms with van der Waals surface area (Å²) in [5, 5.41) is 12.5. The predicted octanol–water partition coefficient (Wildman–Crippen LogP) is 1.85. The van der Waals surface area contributed by atoms with E-state index < -0.39 is 0 Å². The first-order chi connectivity index (χ1) is 13.1. The number of methoxy groups -OCH3 is 1. The molecule has 3 rings (SSSR count). The van der Waals surface area contributed by atoms with Gasteiger partial charge in [0.15, 0.2) is 0 Å². The number of aromatic nitrogens is 2. The minimum Gasteiger partial charge on any atom is -0.495 e. The van der Waals surface area contributed by atoms with E-state index in [4.69, 9.17) is 9.84 Å². The largest absolute Gasteiger partial charge is 0.495 e. The van der Waals surface area contributed by atoms with Crippen molar-refractivity contribution in [3.8, 4) is 5.75 Å². The molecule has 0 saturated carbocycles. The second-order valence-electron chi connectivity index (χ2n) is 6.24. The Morgan fingerprint density at radius 1 is 1.37 bits per heavy atom. The summed E-state index contributed by atoms with van der Waals surface area (Å²) in [7, 11) is 1.55. The number of anilines is 1. The highest BCUT2D eigenvalue weighted by Gasteiger charge is 2.22. The van der Waals surface area contributed by atoms with Crippen molar-refractivity contribution in [2.45, 2.75) is 37.3 Å². The van der Waals surface area contributed by atoms with Crippen LogP contribution in [-0.4, -0.2) is 40.0 Å². The molecular weight excluding hydrogens is 366 g/mol. The number of hydrogen-bond acceptors (Lipinski definition) is 6. The number of nitrogens with zero attached hydrogens (tertiary/aromatic N) is 2. The minimum absolute atomic E-state index is 0.0425. The Hall–Kier alpha value is -2.32. The van der Waals surface area contributed by atoms with E-state index in [1.807, 2.05) is 12.1 Å². The lowest BCUT2D eigenvalue weighted by atomic mass is 10.2. The minimum atomic E-state index is -0.309. The zero-order valence-electron chi connectivity index (χ0n) is 15.2. The third-order valence-electron chi connectivity index (χ3n) is 4.46. The maximum atomic E-state index is 12.4. The van der Waals surface area contributed by atoms with Crippen molar-refractivity contribution in [3.05, 3.63) is 46.0 Å². The molecule has 7 nitrogen and oxygen atoms in total. The van der Waals surface area contributed by atoms with Gasteiger partial charge in [-0.2, -0.15) is 4.98 Å².